The van der Waals surface area contributed by atoms with Crippen molar-refractivity contribution in [2.24, 2.45) is 0 Å². The molecule has 0 saturated heterocycles. The minimum Gasteiger partial charge on any atom is -0.466 e. The van der Waals surface area contributed by atoms with Crippen LogP contribution >= 0.6 is 0 Å². The molecular formula is C21H25F3O5. The summed E-state index contributed by atoms with van der Waals surface area (Å²) in [6.45, 7) is 1.53. The van der Waals surface area contributed by atoms with Gasteiger partial charge in [-0.15, -0.1) is 0 Å². The van der Waals surface area contributed by atoms with Gasteiger partial charge in [0.2, 0.25) is 0 Å². The molecule has 5 nitrogen and oxygen atoms in total. The van der Waals surface area contributed by atoms with Gasteiger partial charge in [0.25, 0.3) is 5.60 Å². The first kappa shape index (κ1) is 24.4. The van der Waals surface area contributed by atoms with Crippen molar-refractivity contribution < 1.29 is 37.0 Å². The van der Waals surface area contributed by atoms with E-state index in [9.17, 15) is 22.8 Å². The van der Waals surface area contributed by atoms with Gasteiger partial charge in [-0.2, -0.15) is 13.2 Å². The molecule has 0 amide bonds. The molecule has 2 atom stereocenters. The molecule has 0 radical (unpaired) electrons. The van der Waals surface area contributed by atoms with Gasteiger partial charge >= 0.3 is 18.1 Å². The molecule has 0 unspecified atom stereocenters. The van der Waals surface area contributed by atoms with Crippen molar-refractivity contribution in [2.75, 3.05) is 14.2 Å². The van der Waals surface area contributed by atoms with Crippen LogP contribution in [-0.2, 0) is 29.4 Å². The Bertz CT molecular complexity index is 713. The van der Waals surface area contributed by atoms with Crippen LogP contribution in [0.1, 0.15) is 31.7 Å². The molecule has 29 heavy (non-hydrogen) atoms. The first-order chi connectivity index (χ1) is 13.7. The number of rotatable bonds is 10. The Balaban J connectivity index is 2.70. The van der Waals surface area contributed by atoms with Crippen molar-refractivity contribution in [3.8, 4) is 0 Å². The third kappa shape index (κ3) is 6.74. The molecule has 0 heterocycles. The Morgan fingerprint density at radius 2 is 1.76 bits per heavy atom. The fourth-order valence-electron chi connectivity index (χ4n) is 2.61. The van der Waals surface area contributed by atoms with Crippen LogP contribution in [0.15, 0.2) is 54.6 Å². The summed E-state index contributed by atoms with van der Waals surface area (Å²) in [5.41, 5.74) is -3.52. The highest BCUT2D eigenvalue weighted by Gasteiger charge is 2.64. The number of hydrogen-bond donors (Lipinski definition) is 0. The van der Waals surface area contributed by atoms with Gasteiger partial charge in [0.15, 0.2) is 0 Å². The third-order valence-electron chi connectivity index (χ3n) is 4.14. The highest BCUT2D eigenvalue weighted by atomic mass is 19.4. The number of alkyl halides is 3. The van der Waals surface area contributed by atoms with Gasteiger partial charge in [-0.3, -0.25) is 0 Å². The van der Waals surface area contributed by atoms with Crippen molar-refractivity contribution in [3.63, 3.8) is 0 Å². The lowest BCUT2D eigenvalue weighted by Gasteiger charge is -2.33. The maximum absolute atomic E-state index is 13.8. The number of halogens is 3. The van der Waals surface area contributed by atoms with Crippen molar-refractivity contribution in [2.45, 2.75) is 44.1 Å². The van der Waals surface area contributed by atoms with Gasteiger partial charge in [0, 0.05) is 18.7 Å². The van der Waals surface area contributed by atoms with Gasteiger partial charge in [0.05, 0.1) is 13.2 Å². The highest BCUT2D eigenvalue weighted by molar-refractivity contribution is 5.83. The van der Waals surface area contributed by atoms with Gasteiger partial charge in [-0.05, 0) is 26.2 Å². The molecule has 0 fully saturated rings. The molecule has 0 aliphatic heterocycles. The average molecular weight is 414 g/mol. The first-order valence-electron chi connectivity index (χ1n) is 8.98. The standard InChI is InChI=1S/C21H25F3O5/c1-16(12-8-5-4-6-11-15-18(25)27-2)29-19(26)20(28-3,21(22,23)24)17-13-9-7-10-14-17/h4,6-7,9-11,13-16H,5,8,12H2,1-3H3/b6-4+,15-11+/t16-,20+/m1/s1. The number of benzene rings is 1. The van der Waals surface area contributed by atoms with E-state index in [0.717, 1.165) is 7.11 Å². The lowest BCUT2D eigenvalue weighted by Crippen LogP contribution is -2.52. The number of methoxy groups -OCH3 is 2. The normalized spacial score (nSPS) is 15.2. The lowest BCUT2D eigenvalue weighted by molar-refractivity contribution is -0.278. The molecule has 0 aliphatic rings. The predicted molar refractivity (Wildman–Crippen MR) is 101 cm³/mol. The van der Waals surface area contributed by atoms with Gasteiger partial charge < -0.3 is 14.2 Å². The van der Waals surface area contributed by atoms with E-state index < -0.39 is 29.8 Å². The molecule has 1 aromatic carbocycles. The zero-order chi connectivity index (χ0) is 21.9. The Morgan fingerprint density at radius 3 is 2.31 bits per heavy atom. The number of hydrogen-bond acceptors (Lipinski definition) is 5. The van der Waals surface area contributed by atoms with E-state index in [1.54, 1.807) is 18.2 Å². The number of carbonyl (C=O) groups is 2. The summed E-state index contributed by atoms with van der Waals surface area (Å²) in [6, 6.07) is 6.69. The molecule has 160 valence electrons. The Hall–Kier alpha value is -2.61. The maximum atomic E-state index is 13.8. The first-order valence-corrected chi connectivity index (χ1v) is 8.98. The van der Waals surface area contributed by atoms with Crippen molar-refractivity contribution in [1.29, 1.82) is 0 Å². The summed E-state index contributed by atoms with van der Waals surface area (Å²) in [4.78, 5) is 23.4. The summed E-state index contributed by atoms with van der Waals surface area (Å²) in [5.74, 6) is -1.97. The van der Waals surface area contributed by atoms with Crippen molar-refractivity contribution in [3.05, 3.63) is 60.2 Å². The summed E-state index contributed by atoms with van der Waals surface area (Å²) >= 11 is 0. The van der Waals surface area contributed by atoms with Crippen LogP contribution < -0.4 is 0 Å². The SMILES string of the molecule is COC(=O)/C=C/C=C/CCC[C@@H](C)OC(=O)[C@@](OC)(c1ccccc1)C(F)(F)F. The molecule has 0 saturated carbocycles. The van der Waals surface area contributed by atoms with Crippen LogP contribution in [0.25, 0.3) is 0 Å². The third-order valence-corrected chi connectivity index (χ3v) is 4.14. The average Bonchev–Trinajstić information content (AvgIpc) is 2.67. The number of esters is 2. The second-order valence-electron chi connectivity index (χ2n) is 6.21. The van der Waals surface area contributed by atoms with Crippen molar-refractivity contribution in [1.82, 2.24) is 0 Å². The molecule has 0 spiro atoms. The Kier molecular flexibility index (Phi) is 9.61. The van der Waals surface area contributed by atoms with Crippen LogP contribution in [0.5, 0.6) is 0 Å². The van der Waals surface area contributed by atoms with Crippen LogP contribution in [0.3, 0.4) is 0 Å². The lowest BCUT2D eigenvalue weighted by atomic mass is 9.92. The van der Waals surface area contributed by atoms with E-state index in [1.165, 1.54) is 50.5 Å². The highest BCUT2D eigenvalue weighted by Crippen LogP contribution is 2.43. The Labute approximate surface area is 168 Å². The summed E-state index contributed by atoms with van der Waals surface area (Å²) < 4.78 is 55.6. The molecule has 0 bridgehead atoms. The predicted octanol–water partition coefficient (Wildman–Crippen LogP) is 4.48. The topological polar surface area (TPSA) is 61.8 Å². The fraction of sp³-hybridized carbons (Fsp3) is 0.429. The van der Waals surface area contributed by atoms with Crippen LogP contribution in [0, 0.1) is 0 Å². The van der Waals surface area contributed by atoms with Crippen LogP contribution in [-0.4, -0.2) is 38.4 Å². The fourth-order valence-corrected chi connectivity index (χ4v) is 2.61. The summed E-state index contributed by atoms with van der Waals surface area (Å²) in [5, 5.41) is 0. The molecule has 8 heteroatoms. The summed E-state index contributed by atoms with van der Waals surface area (Å²) in [7, 11) is 2.10. The van der Waals surface area contributed by atoms with Crippen molar-refractivity contribution >= 4 is 11.9 Å². The van der Waals surface area contributed by atoms with E-state index in [-0.39, 0.29) is 5.56 Å². The zero-order valence-electron chi connectivity index (χ0n) is 16.6. The second kappa shape index (κ2) is 11.4. The minimum atomic E-state index is -4.99. The van der Waals surface area contributed by atoms with E-state index in [2.05, 4.69) is 4.74 Å². The molecule has 1 rings (SSSR count). The molecule has 1 aromatic rings. The van der Waals surface area contributed by atoms with Gasteiger partial charge in [-0.25, -0.2) is 9.59 Å². The smallest absolute Gasteiger partial charge is 0.432 e. The zero-order valence-corrected chi connectivity index (χ0v) is 16.6. The molecule has 0 aliphatic carbocycles. The molecular weight excluding hydrogens is 389 g/mol. The quantitative estimate of drug-likeness (QED) is 0.245. The van der Waals surface area contributed by atoms with Gasteiger partial charge in [0.1, 0.15) is 0 Å². The number of allylic oxidation sites excluding steroid dienone is 3. The largest absolute Gasteiger partial charge is 0.466 e. The number of ether oxygens (including phenoxy) is 3. The maximum Gasteiger partial charge on any atom is 0.432 e. The second-order valence-corrected chi connectivity index (χ2v) is 6.21. The number of carbonyl (C=O) groups excluding carboxylic acids is 2. The van der Waals surface area contributed by atoms with Crippen LogP contribution in [0.2, 0.25) is 0 Å². The van der Waals surface area contributed by atoms with Crippen LogP contribution in [0.4, 0.5) is 13.2 Å². The molecule has 0 N–H and O–H groups in total. The minimum absolute atomic E-state index is 0.340. The van der Waals surface area contributed by atoms with E-state index in [1.807, 2.05) is 0 Å². The summed E-state index contributed by atoms with van der Waals surface area (Å²) in [6.07, 6.45) is 2.03. The van der Waals surface area contributed by atoms with E-state index >= 15 is 0 Å². The number of unbranched alkanes of at least 4 members (excludes halogenated alkanes) is 1. The van der Waals surface area contributed by atoms with Gasteiger partial charge in [-0.1, -0.05) is 48.6 Å². The Morgan fingerprint density at radius 1 is 1.10 bits per heavy atom. The molecule has 0 aromatic heterocycles. The van der Waals surface area contributed by atoms with E-state index in [0.29, 0.717) is 19.3 Å². The van der Waals surface area contributed by atoms with E-state index in [4.69, 9.17) is 9.47 Å². The monoisotopic (exact) mass is 414 g/mol.